The summed E-state index contributed by atoms with van der Waals surface area (Å²) in [4.78, 5) is 0. The molecule has 0 bridgehead atoms. The third-order valence-electron chi connectivity index (χ3n) is 2.34. The Morgan fingerprint density at radius 3 is 2.76 bits per heavy atom. The summed E-state index contributed by atoms with van der Waals surface area (Å²) in [6, 6.07) is 7.74. The van der Waals surface area contributed by atoms with Crippen molar-refractivity contribution in [3.8, 4) is 0 Å². The zero-order valence-electron chi connectivity index (χ0n) is 10.2. The number of benzene rings is 1. The highest BCUT2D eigenvalue weighted by atomic mass is 35.5. The van der Waals surface area contributed by atoms with Crippen LogP contribution in [-0.4, -0.2) is 33.4 Å². The zero-order chi connectivity index (χ0) is 12.3. The second kappa shape index (κ2) is 9.42. The molecule has 0 fully saturated rings. The first-order chi connectivity index (χ1) is 8.34. The molecule has 96 valence electrons. The maximum Gasteiger partial charge on any atom is 0.0731 e. The maximum atomic E-state index is 6.01. The van der Waals surface area contributed by atoms with E-state index in [0.717, 1.165) is 36.7 Å². The fraction of sp³-hybridized carbons (Fsp3) is 0.538. The molecular weight excluding hydrogens is 238 g/mol. The Labute approximate surface area is 108 Å². The van der Waals surface area contributed by atoms with Crippen LogP contribution < -0.4 is 5.32 Å². The first kappa shape index (κ1) is 14.5. The molecule has 1 aromatic rings. The van der Waals surface area contributed by atoms with Gasteiger partial charge in [-0.05, 0) is 24.6 Å². The normalized spacial score (nSPS) is 10.7. The van der Waals surface area contributed by atoms with Crippen LogP contribution >= 0.6 is 11.6 Å². The van der Waals surface area contributed by atoms with E-state index in [0.29, 0.717) is 13.2 Å². The van der Waals surface area contributed by atoms with Gasteiger partial charge in [0.05, 0.1) is 13.2 Å². The smallest absolute Gasteiger partial charge is 0.0731 e. The summed E-state index contributed by atoms with van der Waals surface area (Å²) in [7, 11) is 1.71. The molecule has 0 spiro atoms. The molecule has 0 amide bonds. The topological polar surface area (TPSA) is 30.5 Å². The van der Waals surface area contributed by atoms with Crippen LogP contribution in [-0.2, 0) is 16.1 Å². The van der Waals surface area contributed by atoms with Crippen molar-refractivity contribution in [1.82, 2.24) is 5.32 Å². The summed E-state index contributed by atoms with van der Waals surface area (Å²) in [6.45, 7) is 3.88. The fourth-order valence-corrected chi connectivity index (χ4v) is 1.60. The Bertz CT molecular complexity index is 307. The van der Waals surface area contributed by atoms with Crippen molar-refractivity contribution in [3.05, 3.63) is 34.9 Å². The molecule has 0 radical (unpaired) electrons. The average molecular weight is 258 g/mol. The molecule has 0 aromatic heterocycles. The lowest BCUT2D eigenvalue weighted by atomic mass is 10.2. The van der Waals surface area contributed by atoms with Gasteiger partial charge in [-0.1, -0.05) is 29.8 Å². The van der Waals surface area contributed by atoms with Crippen molar-refractivity contribution < 1.29 is 9.47 Å². The highest BCUT2D eigenvalue weighted by Gasteiger charge is 1.98. The van der Waals surface area contributed by atoms with E-state index in [-0.39, 0.29) is 0 Å². The van der Waals surface area contributed by atoms with Crippen molar-refractivity contribution in [2.75, 3.05) is 33.4 Å². The Kier molecular flexibility index (Phi) is 8.01. The monoisotopic (exact) mass is 257 g/mol. The first-order valence-corrected chi connectivity index (χ1v) is 6.23. The number of methoxy groups -OCH3 is 1. The van der Waals surface area contributed by atoms with Gasteiger partial charge in [0.1, 0.15) is 0 Å². The van der Waals surface area contributed by atoms with E-state index in [1.807, 2.05) is 24.3 Å². The molecule has 4 heteroatoms. The van der Waals surface area contributed by atoms with Crippen LogP contribution in [0.15, 0.2) is 24.3 Å². The zero-order valence-corrected chi connectivity index (χ0v) is 11.0. The van der Waals surface area contributed by atoms with Gasteiger partial charge in [-0.15, -0.1) is 0 Å². The Morgan fingerprint density at radius 1 is 1.18 bits per heavy atom. The first-order valence-electron chi connectivity index (χ1n) is 5.85. The predicted molar refractivity (Wildman–Crippen MR) is 70.5 cm³/mol. The van der Waals surface area contributed by atoms with Crippen molar-refractivity contribution in [2.24, 2.45) is 0 Å². The van der Waals surface area contributed by atoms with Gasteiger partial charge in [0, 0.05) is 25.3 Å². The largest absolute Gasteiger partial charge is 0.385 e. The Hall–Kier alpha value is -0.610. The molecule has 0 saturated carbocycles. The molecule has 1 N–H and O–H groups in total. The summed E-state index contributed by atoms with van der Waals surface area (Å²) in [5.41, 5.74) is 1.04. The highest BCUT2D eigenvalue weighted by Crippen LogP contribution is 2.15. The second-order valence-electron chi connectivity index (χ2n) is 3.74. The third-order valence-corrected chi connectivity index (χ3v) is 2.71. The number of rotatable bonds is 9. The second-order valence-corrected chi connectivity index (χ2v) is 4.15. The lowest BCUT2D eigenvalue weighted by Crippen LogP contribution is -2.21. The van der Waals surface area contributed by atoms with E-state index in [1.165, 1.54) is 0 Å². The van der Waals surface area contributed by atoms with Crippen molar-refractivity contribution in [2.45, 2.75) is 13.0 Å². The molecule has 17 heavy (non-hydrogen) atoms. The SMILES string of the molecule is COCCCNCCOCc1ccccc1Cl. The van der Waals surface area contributed by atoms with E-state index in [2.05, 4.69) is 5.32 Å². The van der Waals surface area contributed by atoms with Crippen LogP contribution in [0, 0.1) is 0 Å². The minimum Gasteiger partial charge on any atom is -0.385 e. The molecule has 0 saturated heterocycles. The molecule has 0 heterocycles. The number of ether oxygens (including phenoxy) is 2. The predicted octanol–water partition coefficient (Wildman–Crippen LogP) is 2.48. The molecule has 0 unspecified atom stereocenters. The van der Waals surface area contributed by atoms with Gasteiger partial charge in [0.2, 0.25) is 0 Å². The third kappa shape index (κ3) is 6.64. The number of halogens is 1. The Balaban J connectivity index is 1.99. The molecule has 1 aromatic carbocycles. The van der Waals surface area contributed by atoms with Crippen LogP contribution in [0.3, 0.4) is 0 Å². The quantitative estimate of drug-likeness (QED) is 0.690. The van der Waals surface area contributed by atoms with Crippen molar-refractivity contribution in [1.29, 1.82) is 0 Å². The molecule has 0 atom stereocenters. The van der Waals surface area contributed by atoms with E-state index in [4.69, 9.17) is 21.1 Å². The van der Waals surface area contributed by atoms with Gasteiger partial charge in [0.25, 0.3) is 0 Å². The van der Waals surface area contributed by atoms with E-state index >= 15 is 0 Å². The molecular formula is C13H20ClNO2. The summed E-state index contributed by atoms with van der Waals surface area (Å²) in [6.07, 6.45) is 1.03. The maximum absolute atomic E-state index is 6.01. The average Bonchev–Trinajstić information content (AvgIpc) is 2.35. The van der Waals surface area contributed by atoms with Crippen LogP contribution in [0.5, 0.6) is 0 Å². The summed E-state index contributed by atoms with van der Waals surface area (Å²) in [5, 5.41) is 4.05. The number of nitrogens with one attached hydrogen (secondary N) is 1. The van der Waals surface area contributed by atoms with Gasteiger partial charge >= 0.3 is 0 Å². The summed E-state index contributed by atoms with van der Waals surface area (Å²) >= 11 is 6.01. The molecule has 3 nitrogen and oxygen atoms in total. The van der Waals surface area contributed by atoms with Crippen molar-refractivity contribution in [3.63, 3.8) is 0 Å². The van der Waals surface area contributed by atoms with Gasteiger partial charge < -0.3 is 14.8 Å². The van der Waals surface area contributed by atoms with E-state index in [1.54, 1.807) is 7.11 Å². The minimum absolute atomic E-state index is 0.569. The van der Waals surface area contributed by atoms with Crippen LogP contribution in [0.25, 0.3) is 0 Å². The molecule has 1 rings (SSSR count). The van der Waals surface area contributed by atoms with Crippen molar-refractivity contribution >= 4 is 11.6 Å². The molecule has 0 aliphatic heterocycles. The fourth-order valence-electron chi connectivity index (χ4n) is 1.41. The van der Waals surface area contributed by atoms with E-state index in [9.17, 15) is 0 Å². The lowest BCUT2D eigenvalue weighted by molar-refractivity contribution is 0.122. The number of hydrogen-bond acceptors (Lipinski definition) is 3. The number of hydrogen-bond donors (Lipinski definition) is 1. The summed E-state index contributed by atoms with van der Waals surface area (Å²) < 4.78 is 10.5. The van der Waals surface area contributed by atoms with Crippen LogP contribution in [0.1, 0.15) is 12.0 Å². The van der Waals surface area contributed by atoms with E-state index < -0.39 is 0 Å². The van der Waals surface area contributed by atoms with Gasteiger partial charge in [-0.3, -0.25) is 0 Å². The minimum atomic E-state index is 0.569. The Morgan fingerprint density at radius 2 is 2.00 bits per heavy atom. The van der Waals surface area contributed by atoms with Gasteiger partial charge in [0.15, 0.2) is 0 Å². The van der Waals surface area contributed by atoms with Crippen LogP contribution in [0.4, 0.5) is 0 Å². The van der Waals surface area contributed by atoms with Crippen LogP contribution in [0.2, 0.25) is 5.02 Å². The lowest BCUT2D eigenvalue weighted by Gasteiger charge is -2.07. The molecule has 0 aliphatic carbocycles. The summed E-state index contributed by atoms with van der Waals surface area (Å²) in [5.74, 6) is 0. The standard InChI is InChI=1S/C13H20ClNO2/c1-16-9-4-7-15-8-10-17-11-12-5-2-3-6-13(12)14/h2-3,5-6,15H,4,7-11H2,1H3. The van der Waals surface area contributed by atoms with Gasteiger partial charge in [-0.2, -0.15) is 0 Å². The molecule has 0 aliphatic rings. The van der Waals surface area contributed by atoms with Gasteiger partial charge in [-0.25, -0.2) is 0 Å². The highest BCUT2D eigenvalue weighted by molar-refractivity contribution is 6.31.